The van der Waals surface area contributed by atoms with Gasteiger partial charge in [-0.2, -0.15) is 0 Å². The zero-order valence-electron chi connectivity index (χ0n) is 15.5. The van der Waals surface area contributed by atoms with Gasteiger partial charge in [-0.1, -0.05) is 0 Å². The monoisotopic (exact) mass is 354 g/mol. The highest BCUT2D eigenvalue weighted by atomic mass is 32.2. The van der Waals surface area contributed by atoms with Crippen LogP contribution in [0.5, 0.6) is 0 Å². The Labute approximate surface area is 146 Å². The Balaban J connectivity index is 2.05. The first-order valence-electron chi connectivity index (χ1n) is 8.62. The summed E-state index contributed by atoms with van der Waals surface area (Å²) in [5.41, 5.74) is 5.02. The molecule has 1 N–H and O–H groups in total. The molecule has 5 nitrogen and oxygen atoms in total. The maximum atomic E-state index is 12.8. The Hall–Kier alpha value is -0.950. The highest BCUT2D eigenvalue weighted by molar-refractivity contribution is 7.89. The van der Waals surface area contributed by atoms with E-state index in [1.807, 2.05) is 27.7 Å². The van der Waals surface area contributed by atoms with Crippen molar-refractivity contribution in [2.45, 2.75) is 45.9 Å². The van der Waals surface area contributed by atoms with Crippen LogP contribution in [0.15, 0.2) is 4.90 Å². The molecule has 0 saturated carbocycles. The van der Waals surface area contributed by atoms with E-state index in [0.717, 1.165) is 61.5 Å². The van der Waals surface area contributed by atoms with Gasteiger partial charge < -0.3 is 4.74 Å². The van der Waals surface area contributed by atoms with E-state index in [1.54, 1.807) is 0 Å². The second kappa shape index (κ2) is 7.95. The van der Waals surface area contributed by atoms with Gasteiger partial charge in [0.15, 0.2) is 0 Å². The standard InChI is InChI=1S/C18H30N2O3S/c1-13-14(2)16(4)18(17(5)15(13)3)24(21,22)19-7-6-8-20-9-11-23-12-10-20/h19H,6-12H2,1-5H3. The summed E-state index contributed by atoms with van der Waals surface area (Å²) in [6.45, 7) is 14.6. The Morgan fingerprint density at radius 2 is 1.42 bits per heavy atom. The third-order valence-electron chi connectivity index (χ3n) is 5.25. The molecule has 0 spiro atoms. The van der Waals surface area contributed by atoms with E-state index in [2.05, 4.69) is 16.5 Å². The van der Waals surface area contributed by atoms with Crippen molar-refractivity contribution in [2.75, 3.05) is 39.4 Å². The summed E-state index contributed by atoms with van der Waals surface area (Å²) in [5, 5.41) is 0. The molecule has 0 aliphatic carbocycles. The summed E-state index contributed by atoms with van der Waals surface area (Å²) >= 11 is 0. The van der Waals surface area contributed by atoms with Crippen LogP contribution in [0, 0.1) is 34.6 Å². The van der Waals surface area contributed by atoms with Gasteiger partial charge in [0.05, 0.1) is 18.1 Å². The Kier molecular flexibility index (Phi) is 6.42. The highest BCUT2D eigenvalue weighted by Gasteiger charge is 2.23. The van der Waals surface area contributed by atoms with Gasteiger partial charge >= 0.3 is 0 Å². The average molecular weight is 355 g/mol. The van der Waals surface area contributed by atoms with E-state index in [9.17, 15) is 8.42 Å². The lowest BCUT2D eigenvalue weighted by Crippen LogP contribution is -2.38. The quantitative estimate of drug-likeness (QED) is 0.796. The molecular weight excluding hydrogens is 324 g/mol. The summed E-state index contributed by atoms with van der Waals surface area (Å²) in [6.07, 6.45) is 0.807. The fourth-order valence-corrected chi connectivity index (χ4v) is 4.94. The molecule has 0 radical (unpaired) electrons. The van der Waals surface area contributed by atoms with Crippen molar-refractivity contribution in [3.63, 3.8) is 0 Å². The van der Waals surface area contributed by atoms with E-state index in [4.69, 9.17) is 4.74 Å². The van der Waals surface area contributed by atoms with Gasteiger partial charge in [0.25, 0.3) is 0 Å². The SMILES string of the molecule is Cc1c(C)c(C)c(S(=O)(=O)NCCCN2CCOCC2)c(C)c1C. The number of rotatable bonds is 6. The molecule has 0 amide bonds. The van der Waals surface area contributed by atoms with Gasteiger partial charge in [0.1, 0.15) is 0 Å². The van der Waals surface area contributed by atoms with E-state index in [0.29, 0.717) is 11.4 Å². The van der Waals surface area contributed by atoms with Crippen LogP contribution < -0.4 is 4.72 Å². The van der Waals surface area contributed by atoms with E-state index in [1.165, 1.54) is 5.56 Å². The first kappa shape index (κ1) is 19.4. The van der Waals surface area contributed by atoms with Crippen LogP contribution in [-0.2, 0) is 14.8 Å². The normalized spacial score (nSPS) is 16.5. The molecule has 0 unspecified atom stereocenters. The Morgan fingerprint density at radius 1 is 0.917 bits per heavy atom. The van der Waals surface area contributed by atoms with Crippen LogP contribution in [0.25, 0.3) is 0 Å². The predicted molar refractivity (Wildman–Crippen MR) is 97.2 cm³/mol. The number of morpholine rings is 1. The molecule has 24 heavy (non-hydrogen) atoms. The van der Waals surface area contributed by atoms with E-state index < -0.39 is 10.0 Å². The highest BCUT2D eigenvalue weighted by Crippen LogP contribution is 2.29. The molecule has 6 heteroatoms. The van der Waals surface area contributed by atoms with Crippen molar-refractivity contribution in [1.29, 1.82) is 0 Å². The van der Waals surface area contributed by atoms with Crippen LogP contribution in [0.1, 0.15) is 34.2 Å². The van der Waals surface area contributed by atoms with E-state index >= 15 is 0 Å². The minimum absolute atomic E-state index is 0.453. The first-order chi connectivity index (χ1) is 11.3. The minimum atomic E-state index is -3.48. The number of ether oxygens (including phenoxy) is 1. The Bertz CT molecular complexity index is 664. The molecule has 1 aromatic carbocycles. The molecule has 0 bridgehead atoms. The number of hydrogen-bond donors (Lipinski definition) is 1. The van der Waals surface area contributed by atoms with Gasteiger partial charge in [-0.25, -0.2) is 13.1 Å². The van der Waals surface area contributed by atoms with Crippen molar-refractivity contribution in [2.24, 2.45) is 0 Å². The van der Waals surface area contributed by atoms with E-state index in [-0.39, 0.29) is 0 Å². The largest absolute Gasteiger partial charge is 0.379 e. The molecule has 1 aromatic rings. The van der Waals surface area contributed by atoms with Crippen LogP contribution >= 0.6 is 0 Å². The lowest BCUT2D eigenvalue weighted by Gasteiger charge is -2.26. The molecule has 2 rings (SSSR count). The van der Waals surface area contributed by atoms with Crippen molar-refractivity contribution in [1.82, 2.24) is 9.62 Å². The second-order valence-electron chi connectivity index (χ2n) is 6.66. The third kappa shape index (κ3) is 4.17. The summed E-state index contributed by atoms with van der Waals surface area (Å²) in [4.78, 5) is 2.77. The number of nitrogens with zero attached hydrogens (tertiary/aromatic N) is 1. The maximum absolute atomic E-state index is 12.8. The smallest absolute Gasteiger partial charge is 0.241 e. The van der Waals surface area contributed by atoms with Crippen LogP contribution in [0.4, 0.5) is 0 Å². The van der Waals surface area contributed by atoms with Crippen molar-refractivity contribution in [3.05, 3.63) is 27.8 Å². The lowest BCUT2D eigenvalue weighted by molar-refractivity contribution is 0.0376. The minimum Gasteiger partial charge on any atom is -0.379 e. The zero-order valence-corrected chi connectivity index (χ0v) is 16.3. The van der Waals surface area contributed by atoms with Crippen molar-refractivity contribution >= 4 is 10.0 Å². The number of benzene rings is 1. The number of nitrogens with one attached hydrogen (secondary N) is 1. The maximum Gasteiger partial charge on any atom is 0.241 e. The molecule has 1 aliphatic heterocycles. The molecule has 1 aliphatic rings. The number of hydrogen-bond acceptors (Lipinski definition) is 4. The van der Waals surface area contributed by atoms with Crippen molar-refractivity contribution < 1.29 is 13.2 Å². The molecule has 0 atom stereocenters. The van der Waals surface area contributed by atoms with Crippen LogP contribution in [-0.4, -0.2) is 52.7 Å². The molecule has 136 valence electrons. The van der Waals surface area contributed by atoms with Gasteiger partial charge in [0, 0.05) is 19.6 Å². The van der Waals surface area contributed by atoms with Crippen LogP contribution in [0.2, 0.25) is 0 Å². The molecular formula is C18H30N2O3S. The summed E-state index contributed by atoms with van der Waals surface area (Å²) in [7, 11) is -3.48. The molecule has 1 saturated heterocycles. The predicted octanol–water partition coefficient (Wildman–Crippen LogP) is 2.23. The molecule has 0 aromatic heterocycles. The zero-order chi connectivity index (χ0) is 17.9. The summed E-state index contributed by atoms with van der Waals surface area (Å²) < 4.78 is 33.7. The van der Waals surface area contributed by atoms with Gasteiger partial charge in [0.2, 0.25) is 10.0 Å². The summed E-state index contributed by atoms with van der Waals surface area (Å²) in [5.74, 6) is 0. The molecule has 1 heterocycles. The van der Waals surface area contributed by atoms with Gasteiger partial charge in [-0.3, -0.25) is 4.90 Å². The lowest BCUT2D eigenvalue weighted by atomic mass is 9.95. The van der Waals surface area contributed by atoms with Gasteiger partial charge in [-0.05, 0) is 75.4 Å². The van der Waals surface area contributed by atoms with Crippen LogP contribution in [0.3, 0.4) is 0 Å². The van der Waals surface area contributed by atoms with Gasteiger partial charge in [-0.15, -0.1) is 0 Å². The summed E-state index contributed by atoms with van der Waals surface area (Å²) in [6, 6.07) is 0. The fourth-order valence-electron chi connectivity index (χ4n) is 3.27. The first-order valence-corrected chi connectivity index (χ1v) is 10.1. The Morgan fingerprint density at radius 3 is 1.96 bits per heavy atom. The number of sulfonamides is 1. The fraction of sp³-hybridized carbons (Fsp3) is 0.667. The third-order valence-corrected chi connectivity index (χ3v) is 6.98. The van der Waals surface area contributed by atoms with Crippen molar-refractivity contribution in [3.8, 4) is 0 Å². The molecule has 1 fully saturated rings. The average Bonchev–Trinajstić information content (AvgIpc) is 2.56. The topological polar surface area (TPSA) is 58.6 Å². The second-order valence-corrected chi connectivity index (χ2v) is 8.36.